The molecule has 19 heavy (non-hydrogen) atoms. The number of nitrogens with one attached hydrogen (secondary N) is 1. The molecule has 0 aliphatic rings. The second-order valence-electron chi connectivity index (χ2n) is 4.05. The number of nitrogens with zero attached hydrogens (tertiary/aromatic N) is 2. The number of rotatable bonds is 8. The molecule has 0 aliphatic heterocycles. The maximum atomic E-state index is 11.1. The number of hydrogen-bond acceptors (Lipinski definition) is 4. The van der Waals surface area contributed by atoms with Gasteiger partial charge in [0.15, 0.2) is 0 Å². The third-order valence-electron chi connectivity index (χ3n) is 2.26. The highest BCUT2D eigenvalue weighted by Gasteiger charge is 2.29. The van der Waals surface area contributed by atoms with Gasteiger partial charge in [-0.15, -0.1) is 5.11 Å². The van der Waals surface area contributed by atoms with Gasteiger partial charge in [-0.1, -0.05) is 5.11 Å². The summed E-state index contributed by atoms with van der Waals surface area (Å²) in [6, 6.07) is 0.185. The fraction of sp³-hybridized carbons (Fsp3) is 0.818. The Morgan fingerprint density at radius 1 is 1.16 bits per heavy atom. The molecule has 0 unspecified atom stereocenters. The first-order valence-electron chi connectivity index (χ1n) is 6.41. The summed E-state index contributed by atoms with van der Waals surface area (Å²) < 4.78 is 11.3. The minimum atomic E-state index is -2.12. The van der Waals surface area contributed by atoms with Crippen LogP contribution in [0.25, 0.3) is 0 Å². The third kappa shape index (κ3) is 9.45. The number of hydrogen-bond donors (Lipinski definition) is 1. The maximum absolute atomic E-state index is 11.1. The van der Waals surface area contributed by atoms with E-state index < -0.39 is 20.5 Å². The SMILES string of the molecule is CCO[Si](C)(CCCNC(=O)N=NC(C)=O)OCC. The molecule has 0 rings (SSSR count). The highest BCUT2D eigenvalue weighted by molar-refractivity contribution is 6.66. The summed E-state index contributed by atoms with van der Waals surface area (Å²) in [5, 5.41) is 8.90. The van der Waals surface area contributed by atoms with Gasteiger partial charge in [-0.25, -0.2) is 4.79 Å². The Bertz CT molecular complexity index is 317. The molecule has 7 nitrogen and oxygen atoms in total. The van der Waals surface area contributed by atoms with Crippen molar-refractivity contribution in [1.29, 1.82) is 0 Å². The molecule has 0 saturated heterocycles. The summed E-state index contributed by atoms with van der Waals surface area (Å²) >= 11 is 0. The first-order valence-corrected chi connectivity index (χ1v) is 8.94. The van der Waals surface area contributed by atoms with Crippen molar-refractivity contribution in [3.05, 3.63) is 0 Å². The number of carbonyl (C=O) groups excluding carboxylic acids is 2. The van der Waals surface area contributed by atoms with Gasteiger partial charge in [-0.3, -0.25) is 4.79 Å². The molecule has 0 saturated carbocycles. The van der Waals surface area contributed by atoms with Crippen molar-refractivity contribution < 1.29 is 18.4 Å². The molecule has 110 valence electrons. The molecular formula is C11H23N3O4Si. The zero-order chi connectivity index (χ0) is 14.7. The highest BCUT2D eigenvalue weighted by atomic mass is 28.4. The molecule has 0 atom stereocenters. The quantitative estimate of drug-likeness (QED) is 0.421. The van der Waals surface area contributed by atoms with E-state index in [1.807, 2.05) is 20.4 Å². The lowest BCUT2D eigenvalue weighted by Gasteiger charge is -2.25. The molecule has 3 amide bonds. The predicted molar refractivity (Wildman–Crippen MR) is 73.2 cm³/mol. The summed E-state index contributed by atoms with van der Waals surface area (Å²) in [4.78, 5) is 21.6. The molecule has 0 aliphatic carbocycles. The van der Waals surface area contributed by atoms with Gasteiger partial charge in [0.05, 0.1) is 0 Å². The Morgan fingerprint density at radius 2 is 1.74 bits per heavy atom. The average molecular weight is 289 g/mol. The Morgan fingerprint density at radius 3 is 2.21 bits per heavy atom. The second kappa shape index (κ2) is 9.76. The molecule has 8 heteroatoms. The normalized spacial score (nSPS) is 11.8. The lowest BCUT2D eigenvalue weighted by atomic mass is 10.5. The summed E-state index contributed by atoms with van der Waals surface area (Å²) in [6.07, 6.45) is 0.740. The Hall–Kier alpha value is -1.12. The second-order valence-corrected chi connectivity index (χ2v) is 7.40. The van der Waals surface area contributed by atoms with Crippen molar-refractivity contribution in [2.24, 2.45) is 10.2 Å². The highest BCUT2D eigenvalue weighted by Crippen LogP contribution is 2.15. The predicted octanol–water partition coefficient (Wildman–Crippen LogP) is 2.23. The van der Waals surface area contributed by atoms with E-state index >= 15 is 0 Å². The van der Waals surface area contributed by atoms with E-state index in [0.29, 0.717) is 19.8 Å². The minimum Gasteiger partial charge on any atom is -0.395 e. The van der Waals surface area contributed by atoms with Crippen LogP contribution in [-0.2, 0) is 13.6 Å². The van der Waals surface area contributed by atoms with E-state index in [9.17, 15) is 9.59 Å². The van der Waals surface area contributed by atoms with Crippen LogP contribution >= 0.6 is 0 Å². The fourth-order valence-corrected chi connectivity index (χ4v) is 3.96. The van der Waals surface area contributed by atoms with Gasteiger partial charge in [-0.2, -0.15) is 0 Å². The van der Waals surface area contributed by atoms with Crippen LogP contribution in [0, 0.1) is 0 Å². The molecule has 0 spiro atoms. The summed E-state index contributed by atoms with van der Waals surface area (Å²) in [5.41, 5.74) is 0. The van der Waals surface area contributed by atoms with Gasteiger partial charge < -0.3 is 14.2 Å². The van der Waals surface area contributed by atoms with E-state index in [1.54, 1.807) is 0 Å². The molecule has 0 fully saturated rings. The van der Waals surface area contributed by atoms with Crippen LogP contribution in [0.5, 0.6) is 0 Å². The van der Waals surface area contributed by atoms with Crippen molar-refractivity contribution in [2.75, 3.05) is 19.8 Å². The molecule has 0 aromatic heterocycles. The van der Waals surface area contributed by atoms with Crippen LogP contribution < -0.4 is 5.32 Å². The van der Waals surface area contributed by atoms with Gasteiger partial charge in [0, 0.05) is 26.7 Å². The van der Waals surface area contributed by atoms with Crippen LogP contribution in [0.1, 0.15) is 27.2 Å². The molecule has 1 N–H and O–H groups in total. The summed E-state index contributed by atoms with van der Waals surface area (Å²) in [5.74, 6) is -0.497. The van der Waals surface area contributed by atoms with Crippen LogP contribution in [0.15, 0.2) is 10.2 Å². The van der Waals surface area contributed by atoms with Crippen LogP contribution in [0.3, 0.4) is 0 Å². The minimum absolute atomic E-state index is 0.457. The van der Waals surface area contributed by atoms with E-state index in [4.69, 9.17) is 8.85 Å². The number of urea groups is 1. The third-order valence-corrected chi connectivity index (χ3v) is 5.33. The number of amides is 3. The topological polar surface area (TPSA) is 89.4 Å². The van der Waals surface area contributed by atoms with Crippen LogP contribution in [-0.4, -0.2) is 40.3 Å². The molecule has 0 heterocycles. The van der Waals surface area contributed by atoms with Gasteiger partial charge in [0.1, 0.15) is 0 Å². The molecule has 0 aromatic carbocycles. The standard InChI is InChI=1S/C11H23N3O4Si/c1-5-17-19(4,18-6-2)9-7-8-12-11(16)14-13-10(3)15/h5-9H2,1-4H3,(H,12,16). The summed E-state index contributed by atoms with van der Waals surface area (Å²) in [7, 11) is -2.12. The van der Waals surface area contributed by atoms with Crippen molar-refractivity contribution in [1.82, 2.24) is 5.32 Å². The monoisotopic (exact) mass is 289 g/mol. The lowest BCUT2D eigenvalue weighted by molar-refractivity contribution is -0.116. The summed E-state index contributed by atoms with van der Waals surface area (Å²) in [6.45, 7) is 8.83. The van der Waals surface area contributed by atoms with E-state index in [0.717, 1.165) is 12.5 Å². The Labute approximate surface area is 115 Å². The van der Waals surface area contributed by atoms with Crippen LogP contribution in [0.4, 0.5) is 4.79 Å². The number of carbonyl (C=O) groups is 2. The Kier molecular flexibility index (Phi) is 9.18. The zero-order valence-corrected chi connectivity index (χ0v) is 13.1. The fourth-order valence-electron chi connectivity index (χ4n) is 1.55. The van der Waals surface area contributed by atoms with Crippen LogP contribution in [0.2, 0.25) is 12.6 Å². The molecular weight excluding hydrogens is 266 g/mol. The van der Waals surface area contributed by atoms with Crippen molar-refractivity contribution in [3.8, 4) is 0 Å². The van der Waals surface area contributed by atoms with E-state index in [2.05, 4.69) is 15.5 Å². The lowest BCUT2D eigenvalue weighted by Crippen LogP contribution is -2.39. The first-order chi connectivity index (χ1) is 8.93. The van der Waals surface area contributed by atoms with Gasteiger partial charge in [0.25, 0.3) is 5.91 Å². The van der Waals surface area contributed by atoms with Gasteiger partial charge >= 0.3 is 14.6 Å². The van der Waals surface area contributed by atoms with Crippen molar-refractivity contribution in [2.45, 2.75) is 39.8 Å². The molecule has 0 aromatic rings. The zero-order valence-electron chi connectivity index (χ0n) is 12.1. The average Bonchev–Trinajstić information content (AvgIpc) is 2.33. The van der Waals surface area contributed by atoms with Crippen molar-refractivity contribution in [3.63, 3.8) is 0 Å². The molecule has 0 bridgehead atoms. The van der Waals surface area contributed by atoms with E-state index in [1.165, 1.54) is 6.92 Å². The van der Waals surface area contributed by atoms with Gasteiger partial charge in [-0.05, 0) is 32.9 Å². The first kappa shape index (κ1) is 17.9. The van der Waals surface area contributed by atoms with E-state index in [-0.39, 0.29) is 0 Å². The van der Waals surface area contributed by atoms with Gasteiger partial charge in [0.2, 0.25) is 0 Å². The Balaban J connectivity index is 3.94. The largest absolute Gasteiger partial charge is 0.395 e. The number of azo groups is 1. The van der Waals surface area contributed by atoms with Crippen molar-refractivity contribution >= 4 is 20.5 Å². The smallest absolute Gasteiger partial charge is 0.359 e. The molecule has 0 radical (unpaired) electrons. The maximum Gasteiger partial charge on any atom is 0.359 e.